The van der Waals surface area contributed by atoms with E-state index < -0.39 is 0 Å². The second-order valence-corrected chi connectivity index (χ2v) is 12.8. The fourth-order valence-electron chi connectivity index (χ4n) is 7.54. The van der Waals surface area contributed by atoms with Crippen LogP contribution in [0.2, 0.25) is 0 Å². The van der Waals surface area contributed by atoms with Crippen LogP contribution in [-0.2, 0) is 0 Å². The minimum atomic E-state index is 0.585. The van der Waals surface area contributed by atoms with Gasteiger partial charge < -0.3 is 13.4 Å². The van der Waals surface area contributed by atoms with Gasteiger partial charge in [-0.3, -0.25) is 0 Å². The lowest BCUT2D eigenvalue weighted by Gasteiger charge is -2.09. The van der Waals surface area contributed by atoms with Crippen molar-refractivity contribution < 1.29 is 8.83 Å². The number of rotatable bonds is 4. The van der Waals surface area contributed by atoms with E-state index in [0.29, 0.717) is 17.5 Å². The molecule has 238 valence electrons. The van der Waals surface area contributed by atoms with Gasteiger partial charge in [0.15, 0.2) is 17.5 Å². The Morgan fingerprint density at radius 1 is 0.373 bits per heavy atom. The van der Waals surface area contributed by atoms with Gasteiger partial charge in [0.05, 0.1) is 11.0 Å². The van der Waals surface area contributed by atoms with E-state index >= 15 is 0 Å². The maximum Gasteiger partial charge on any atom is 0.164 e. The molecule has 11 rings (SSSR count). The molecular weight excluding hydrogens is 629 g/mol. The van der Waals surface area contributed by atoms with Crippen molar-refractivity contribution in [2.24, 2.45) is 0 Å². The Labute approximate surface area is 290 Å². The van der Waals surface area contributed by atoms with Crippen LogP contribution in [0.5, 0.6) is 0 Å². The van der Waals surface area contributed by atoms with Gasteiger partial charge >= 0.3 is 0 Å². The molecule has 0 aliphatic carbocycles. The second-order valence-electron chi connectivity index (χ2n) is 12.8. The number of hydrogen-bond acceptors (Lipinski definition) is 5. The molecule has 0 aliphatic rings. The highest BCUT2D eigenvalue weighted by molar-refractivity contribution is 6.18. The molecule has 0 spiro atoms. The Morgan fingerprint density at radius 3 is 1.88 bits per heavy atom. The normalized spacial score (nSPS) is 11.9. The summed E-state index contributed by atoms with van der Waals surface area (Å²) in [6.07, 6.45) is 0. The predicted octanol–water partition coefficient (Wildman–Crippen LogP) is 11.8. The zero-order valence-electron chi connectivity index (χ0n) is 27.1. The van der Waals surface area contributed by atoms with E-state index in [9.17, 15) is 0 Å². The Balaban J connectivity index is 1.14. The molecule has 0 saturated carbocycles. The fraction of sp³-hybridized carbons (Fsp3) is 0. The molecule has 4 aromatic heterocycles. The van der Waals surface area contributed by atoms with Crippen molar-refractivity contribution in [3.8, 4) is 39.9 Å². The number of nitrogens with zero attached hydrogens (tertiary/aromatic N) is 4. The number of benzene rings is 7. The molecule has 6 heteroatoms. The van der Waals surface area contributed by atoms with Crippen LogP contribution in [0.4, 0.5) is 0 Å². The minimum Gasteiger partial charge on any atom is -0.456 e. The quantitative estimate of drug-likeness (QED) is 0.189. The predicted molar refractivity (Wildman–Crippen MR) is 205 cm³/mol. The SMILES string of the molecule is c1ccc(-c2nc(-c3ccc4oc5cc6c(cc5c4c3)c3ccccc3n6-c3ccccc3)nc(-c3cccc4oc5ccccc5c34)n2)cc1. The van der Waals surface area contributed by atoms with Gasteiger partial charge in [0, 0.05) is 60.8 Å². The van der Waals surface area contributed by atoms with E-state index in [4.69, 9.17) is 23.8 Å². The van der Waals surface area contributed by atoms with Crippen LogP contribution in [0.1, 0.15) is 0 Å². The van der Waals surface area contributed by atoms with Crippen molar-refractivity contribution in [3.63, 3.8) is 0 Å². The summed E-state index contributed by atoms with van der Waals surface area (Å²) >= 11 is 0. The molecule has 0 bridgehead atoms. The van der Waals surface area contributed by atoms with Crippen LogP contribution in [0.3, 0.4) is 0 Å². The third-order valence-corrected chi connectivity index (χ3v) is 9.85. The summed E-state index contributed by atoms with van der Waals surface area (Å²) in [5.74, 6) is 1.78. The van der Waals surface area contributed by atoms with Crippen LogP contribution < -0.4 is 0 Å². The van der Waals surface area contributed by atoms with Crippen molar-refractivity contribution in [1.82, 2.24) is 19.5 Å². The Kier molecular flexibility index (Phi) is 5.86. The van der Waals surface area contributed by atoms with Gasteiger partial charge in [-0.15, -0.1) is 0 Å². The number of aromatic nitrogens is 4. The highest BCUT2D eigenvalue weighted by Gasteiger charge is 2.20. The van der Waals surface area contributed by atoms with Gasteiger partial charge in [0.2, 0.25) is 0 Å². The third-order valence-electron chi connectivity index (χ3n) is 9.85. The average Bonchev–Trinajstić information content (AvgIpc) is 3.86. The molecular formula is C45H26N4O2. The number of furan rings is 2. The Bertz CT molecular complexity index is 3140. The number of hydrogen-bond donors (Lipinski definition) is 0. The molecule has 4 heterocycles. The van der Waals surface area contributed by atoms with E-state index in [2.05, 4.69) is 83.4 Å². The van der Waals surface area contributed by atoms with Crippen LogP contribution in [0.15, 0.2) is 167 Å². The summed E-state index contributed by atoms with van der Waals surface area (Å²) in [5.41, 5.74) is 9.32. The minimum absolute atomic E-state index is 0.585. The molecule has 0 unspecified atom stereocenters. The molecule has 0 aliphatic heterocycles. The highest BCUT2D eigenvalue weighted by atomic mass is 16.3. The van der Waals surface area contributed by atoms with E-state index in [1.54, 1.807) is 0 Å². The van der Waals surface area contributed by atoms with Crippen molar-refractivity contribution in [2.45, 2.75) is 0 Å². The monoisotopic (exact) mass is 654 g/mol. The first-order valence-corrected chi connectivity index (χ1v) is 16.9. The first-order chi connectivity index (χ1) is 25.3. The lowest BCUT2D eigenvalue weighted by molar-refractivity contribution is 0.668. The maximum absolute atomic E-state index is 6.53. The molecule has 11 aromatic rings. The Morgan fingerprint density at radius 2 is 1.02 bits per heavy atom. The molecule has 0 radical (unpaired) electrons. The van der Waals surface area contributed by atoms with Gasteiger partial charge in [0.25, 0.3) is 0 Å². The first kappa shape index (κ1) is 27.9. The highest BCUT2D eigenvalue weighted by Crippen LogP contribution is 2.40. The van der Waals surface area contributed by atoms with Gasteiger partial charge in [-0.1, -0.05) is 97.1 Å². The maximum atomic E-state index is 6.53. The molecule has 0 saturated heterocycles. The van der Waals surface area contributed by atoms with Crippen LogP contribution in [0, 0.1) is 0 Å². The van der Waals surface area contributed by atoms with Crippen molar-refractivity contribution in [2.75, 3.05) is 0 Å². The molecule has 0 fully saturated rings. The summed E-state index contributed by atoms with van der Waals surface area (Å²) in [5, 5.41) is 6.43. The zero-order valence-corrected chi connectivity index (χ0v) is 27.1. The largest absolute Gasteiger partial charge is 0.456 e. The number of para-hydroxylation sites is 3. The molecule has 0 atom stereocenters. The smallest absolute Gasteiger partial charge is 0.164 e. The molecule has 7 aromatic carbocycles. The van der Waals surface area contributed by atoms with Gasteiger partial charge in [-0.25, -0.2) is 15.0 Å². The second kappa shape index (κ2) is 10.7. The zero-order chi connectivity index (χ0) is 33.5. The van der Waals surface area contributed by atoms with E-state index in [0.717, 1.165) is 77.3 Å². The lowest BCUT2D eigenvalue weighted by atomic mass is 10.0. The molecule has 0 N–H and O–H groups in total. The Hall–Kier alpha value is -7.05. The summed E-state index contributed by atoms with van der Waals surface area (Å²) in [6, 6.07) is 53.9. The van der Waals surface area contributed by atoms with E-state index in [1.807, 2.05) is 78.9 Å². The summed E-state index contributed by atoms with van der Waals surface area (Å²) in [7, 11) is 0. The molecule has 0 amide bonds. The summed E-state index contributed by atoms with van der Waals surface area (Å²) < 4.78 is 15.1. The van der Waals surface area contributed by atoms with E-state index in [-0.39, 0.29) is 0 Å². The third kappa shape index (κ3) is 4.26. The van der Waals surface area contributed by atoms with Crippen LogP contribution in [0.25, 0.3) is 106 Å². The average molecular weight is 655 g/mol. The standard InChI is InChI=1S/C45H26N4O2/c1-3-12-27(13-4-1)43-46-44(48-45(47-43)32-18-11-21-40-42(32)31-17-8-10-20-38(31)50-40)28-22-23-39-34(24-28)35-25-33-30-16-7-9-19-36(30)49(29-14-5-2-6-15-29)37(33)26-41(35)51-39/h1-26H. The van der Waals surface area contributed by atoms with Crippen LogP contribution >= 0.6 is 0 Å². The first-order valence-electron chi connectivity index (χ1n) is 16.9. The summed E-state index contributed by atoms with van der Waals surface area (Å²) in [6.45, 7) is 0. The van der Waals surface area contributed by atoms with Gasteiger partial charge in [0.1, 0.15) is 22.3 Å². The van der Waals surface area contributed by atoms with Gasteiger partial charge in [-0.2, -0.15) is 0 Å². The van der Waals surface area contributed by atoms with Crippen molar-refractivity contribution in [3.05, 3.63) is 158 Å². The topological polar surface area (TPSA) is 69.9 Å². The molecule has 6 nitrogen and oxygen atoms in total. The molecule has 51 heavy (non-hydrogen) atoms. The summed E-state index contributed by atoms with van der Waals surface area (Å²) in [4.78, 5) is 15.2. The van der Waals surface area contributed by atoms with Crippen molar-refractivity contribution in [1.29, 1.82) is 0 Å². The van der Waals surface area contributed by atoms with Crippen molar-refractivity contribution >= 4 is 65.7 Å². The van der Waals surface area contributed by atoms with Gasteiger partial charge in [-0.05, 0) is 54.6 Å². The van der Waals surface area contributed by atoms with E-state index in [1.165, 1.54) is 10.8 Å². The lowest BCUT2D eigenvalue weighted by Crippen LogP contribution is -2.00. The fourth-order valence-corrected chi connectivity index (χ4v) is 7.54. The number of fused-ring (bicyclic) bond motifs is 9. The van der Waals surface area contributed by atoms with Crippen LogP contribution in [-0.4, -0.2) is 19.5 Å².